The largest absolute Gasteiger partial charge is 0.492 e. The van der Waals surface area contributed by atoms with E-state index >= 15 is 0 Å². The average Bonchev–Trinajstić information content (AvgIpc) is 3.69. The molecule has 0 aliphatic carbocycles. The van der Waals surface area contributed by atoms with Crippen LogP contribution in [0.3, 0.4) is 0 Å². The molecule has 5 heterocycles. The van der Waals surface area contributed by atoms with Crippen molar-refractivity contribution in [2.45, 2.75) is 121 Å². The van der Waals surface area contributed by atoms with Crippen LogP contribution in [0.2, 0.25) is 0 Å². The fraction of sp³-hybridized carbons (Fsp3) is 0.535. The Balaban J connectivity index is 0.862. The minimum Gasteiger partial charge on any atom is -0.492 e. The second-order valence-electron chi connectivity index (χ2n) is 17.0. The van der Waals surface area contributed by atoms with E-state index in [1.807, 2.05) is 26.0 Å². The molecule has 2 aromatic heterocycles. The van der Waals surface area contributed by atoms with E-state index in [1.54, 1.807) is 37.8 Å². The highest BCUT2D eigenvalue weighted by Crippen LogP contribution is 2.38. The van der Waals surface area contributed by atoms with Gasteiger partial charge in [0.1, 0.15) is 28.8 Å². The maximum absolute atomic E-state index is 13.9. The van der Waals surface area contributed by atoms with E-state index in [0.717, 1.165) is 87.8 Å². The highest BCUT2D eigenvalue weighted by molar-refractivity contribution is 7.92. The van der Waals surface area contributed by atoms with Crippen molar-refractivity contribution >= 4 is 50.1 Å². The number of aromatic amines is 1. The minimum atomic E-state index is -3.77. The molecule has 1 atom stereocenters. The summed E-state index contributed by atoms with van der Waals surface area (Å²) in [7, 11) is -3.77. The van der Waals surface area contributed by atoms with Crippen LogP contribution in [0.15, 0.2) is 41.6 Å². The summed E-state index contributed by atoms with van der Waals surface area (Å²) in [6, 6.07) is 8.63. The van der Waals surface area contributed by atoms with Gasteiger partial charge in [-0.2, -0.15) is 5.10 Å². The van der Waals surface area contributed by atoms with Crippen molar-refractivity contribution in [3.8, 4) is 5.75 Å². The van der Waals surface area contributed by atoms with Crippen molar-refractivity contribution in [2.75, 3.05) is 31.6 Å². The number of aromatic nitrogens is 4. The van der Waals surface area contributed by atoms with Gasteiger partial charge in [-0.05, 0) is 128 Å². The van der Waals surface area contributed by atoms with Gasteiger partial charge in [-0.15, -0.1) is 0 Å². The number of nitrogens with zero attached hydrogens (tertiary/aromatic N) is 5. The summed E-state index contributed by atoms with van der Waals surface area (Å²) in [4.78, 5) is 50.5. The van der Waals surface area contributed by atoms with E-state index in [1.165, 1.54) is 11.9 Å². The van der Waals surface area contributed by atoms with Gasteiger partial charge in [-0.1, -0.05) is 25.0 Å². The molecule has 3 N–H and O–H groups in total. The zero-order valence-corrected chi connectivity index (χ0v) is 35.1. The lowest BCUT2D eigenvalue weighted by molar-refractivity contribution is -0.136. The number of amides is 3. The first-order valence-corrected chi connectivity index (χ1v) is 22.1. The first-order chi connectivity index (χ1) is 27.7. The average molecular weight is 813 g/mol. The first-order valence-electron chi connectivity index (χ1n) is 20.6. The number of piperidine rings is 2. The molecule has 2 fully saturated rings. The molecule has 2 aromatic carbocycles. The number of carbonyl (C=O) groups excluding carboxylic acids is 3. The van der Waals surface area contributed by atoms with Crippen molar-refractivity contribution in [1.82, 2.24) is 35.3 Å². The monoisotopic (exact) mass is 812 g/mol. The number of likely N-dealkylation sites (tertiary alicyclic amines) is 1. The first kappa shape index (κ1) is 41.3. The van der Waals surface area contributed by atoms with Crippen LogP contribution < -0.4 is 15.4 Å². The number of hydrogen-bond donors (Lipinski definition) is 3. The molecule has 7 rings (SSSR count). The van der Waals surface area contributed by atoms with Gasteiger partial charge in [-0.3, -0.25) is 24.8 Å². The normalized spacial score (nSPS) is 18.2. The smallest absolute Gasteiger partial charge is 0.255 e. The van der Waals surface area contributed by atoms with Crippen molar-refractivity contribution < 1.29 is 27.5 Å². The lowest BCUT2D eigenvalue weighted by Gasteiger charge is -2.32. The van der Waals surface area contributed by atoms with Gasteiger partial charge >= 0.3 is 0 Å². The predicted octanol–water partition coefficient (Wildman–Crippen LogP) is 6.33. The topological polar surface area (TPSA) is 180 Å². The molecule has 0 bridgehead atoms. The van der Waals surface area contributed by atoms with Crippen LogP contribution in [-0.4, -0.2) is 93.1 Å². The van der Waals surface area contributed by atoms with Crippen LogP contribution in [0.1, 0.15) is 111 Å². The molecule has 3 amide bonds. The molecule has 0 radical (unpaired) electrons. The summed E-state index contributed by atoms with van der Waals surface area (Å²) in [5.74, 6) is 1.13. The highest BCUT2D eigenvalue weighted by Gasteiger charge is 2.40. The number of anilines is 2. The number of sulfone groups is 1. The second kappa shape index (κ2) is 17.1. The molecule has 2 saturated heterocycles. The highest BCUT2D eigenvalue weighted by atomic mass is 32.2. The van der Waals surface area contributed by atoms with Gasteiger partial charge in [0.25, 0.3) is 5.91 Å². The van der Waals surface area contributed by atoms with Crippen LogP contribution in [0.5, 0.6) is 5.75 Å². The summed E-state index contributed by atoms with van der Waals surface area (Å²) < 4.78 is 33.0. The van der Waals surface area contributed by atoms with Gasteiger partial charge < -0.3 is 19.9 Å². The van der Waals surface area contributed by atoms with Crippen LogP contribution in [-0.2, 0) is 32.4 Å². The van der Waals surface area contributed by atoms with Crippen LogP contribution in [0, 0.1) is 19.8 Å². The summed E-state index contributed by atoms with van der Waals surface area (Å²) >= 11 is 0. The number of aryl methyl sites for hydroxylation is 2. The maximum Gasteiger partial charge on any atom is 0.255 e. The van der Waals surface area contributed by atoms with Crippen molar-refractivity contribution in [1.29, 1.82) is 0 Å². The van der Waals surface area contributed by atoms with Gasteiger partial charge in [-0.25, -0.2) is 18.4 Å². The van der Waals surface area contributed by atoms with Gasteiger partial charge in [0.05, 0.1) is 16.9 Å². The lowest BCUT2D eigenvalue weighted by atomic mass is 9.93. The second-order valence-corrected chi connectivity index (χ2v) is 19.7. The third kappa shape index (κ3) is 8.75. The standard InChI is InChI=1S/C43H56N8O6S/c1-27-28(2)48-49-39(27)47-40-32-23-37(58(55,56)43(3,4)5)36(24-34(32)44-26-45-40)57-22-18-29-16-20-50(21-17-29)19-9-7-6-8-11-30-12-10-13-31-33(30)25-51(42(31)54)35-14-15-38(52)46-41(35)53/h10,12-13,23-24,26,29,35H,6-9,11,14-22,25H2,1-5H3,(H,46,52,53)(H2,44,45,47,48,49)/t35-/m0/s1. The van der Waals surface area contributed by atoms with E-state index in [4.69, 9.17) is 4.74 Å². The fourth-order valence-electron chi connectivity index (χ4n) is 8.26. The Labute approximate surface area is 340 Å². The van der Waals surface area contributed by atoms with Crippen LogP contribution in [0.25, 0.3) is 10.9 Å². The quantitative estimate of drug-likeness (QED) is 0.0902. The number of ether oxygens (including phenoxy) is 1. The number of imide groups is 1. The SMILES string of the molecule is Cc1[nH]nc(Nc2ncnc3cc(OCCC4CCN(CCCCCCc5cccc6c5CN([C@H]5CCC(=O)NC5=O)C6=O)CC4)c(S(=O)(=O)C(C)(C)C)cc23)c1C. The Bertz CT molecular complexity index is 2290. The maximum atomic E-state index is 13.9. The number of hydrogen-bond acceptors (Lipinski definition) is 11. The number of nitrogens with one attached hydrogen (secondary N) is 3. The van der Waals surface area contributed by atoms with E-state index in [9.17, 15) is 22.8 Å². The molecular formula is C43H56N8O6S. The predicted molar refractivity (Wildman–Crippen MR) is 222 cm³/mol. The number of fused-ring (bicyclic) bond motifs is 2. The minimum absolute atomic E-state index is 0.122. The Morgan fingerprint density at radius 1 is 0.966 bits per heavy atom. The Morgan fingerprint density at radius 3 is 2.47 bits per heavy atom. The van der Waals surface area contributed by atoms with Gasteiger partial charge in [0, 0.05) is 41.2 Å². The van der Waals surface area contributed by atoms with E-state index in [-0.39, 0.29) is 29.0 Å². The molecule has 0 spiro atoms. The molecule has 15 heteroatoms. The molecule has 3 aliphatic heterocycles. The molecule has 14 nitrogen and oxygen atoms in total. The Morgan fingerprint density at radius 2 is 1.74 bits per heavy atom. The molecule has 0 saturated carbocycles. The molecule has 58 heavy (non-hydrogen) atoms. The van der Waals surface area contributed by atoms with Gasteiger partial charge in [0.2, 0.25) is 11.8 Å². The Kier molecular flexibility index (Phi) is 12.2. The molecule has 0 unspecified atom stereocenters. The van der Waals surface area contributed by atoms with E-state index in [0.29, 0.717) is 59.3 Å². The van der Waals surface area contributed by atoms with E-state index in [2.05, 4.69) is 41.8 Å². The third-order valence-corrected chi connectivity index (χ3v) is 14.6. The van der Waals surface area contributed by atoms with Crippen LogP contribution >= 0.6 is 0 Å². The molecular weight excluding hydrogens is 757 g/mol. The molecule has 3 aliphatic rings. The third-order valence-electron chi connectivity index (χ3n) is 12.1. The van der Waals surface area contributed by atoms with Crippen LogP contribution in [0.4, 0.5) is 11.6 Å². The number of rotatable bonds is 15. The number of unbranched alkanes of at least 4 members (excludes halogenated alkanes) is 3. The molecule has 4 aromatic rings. The van der Waals surface area contributed by atoms with Crippen molar-refractivity contribution in [2.24, 2.45) is 5.92 Å². The van der Waals surface area contributed by atoms with Crippen molar-refractivity contribution in [3.05, 3.63) is 64.6 Å². The molecule has 310 valence electrons. The summed E-state index contributed by atoms with van der Waals surface area (Å²) in [6.07, 6.45) is 10.4. The zero-order valence-electron chi connectivity index (χ0n) is 34.3. The summed E-state index contributed by atoms with van der Waals surface area (Å²) in [6.45, 7) is 13.0. The number of H-pyrrole nitrogens is 1. The summed E-state index contributed by atoms with van der Waals surface area (Å²) in [5.41, 5.74) is 5.33. The number of carbonyl (C=O) groups is 3. The Hall–Kier alpha value is -4.89. The zero-order chi connectivity index (χ0) is 41.2. The van der Waals surface area contributed by atoms with E-state index < -0.39 is 20.6 Å². The fourth-order valence-corrected chi connectivity index (χ4v) is 9.57. The number of benzene rings is 2. The summed E-state index contributed by atoms with van der Waals surface area (Å²) in [5, 5.41) is 13.5. The van der Waals surface area contributed by atoms with Gasteiger partial charge in [0.15, 0.2) is 15.7 Å². The van der Waals surface area contributed by atoms with Crippen molar-refractivity contribution in [3.63, 3.8) is 0 Å². The lowest BCUT2D eigenvalue weighted by Crippen LogP contribution is -2.52.